The summed E-state index contributed by atoms with van der Waals surface area (Å²) in [5.74, 6) is 0.320. The normalized spacial score (nSPS) is 15.8. The number of nitrogens with one attached hydrogen (secondary N) is 1. The van der Waals surface area contributed by atoms with Crippen LogP contribution in [0.1, 0.15) is 24.4 Å². The number of thiocarbonyl (C=S) groups is 1. The van der Waals surface area contributed by atoms with Crippen LogP contribution in [0.2, 0.25) is 0 Å². The zero-order valence-electron chi connectivity index (χ0n) is 18.8. The van der Waals surface area contributed by atoms with Crippen LogP contribution in [0.5, 0.6) is 5.75 Å². The maximum Gasteiger partial charge on any atom is 0.258 e. The fourth-order valence-electron chi connectivity index (χ4n) is 4.09. The topological polar surface area (TPSA) is 63.4 Å². The van der Waals surface area contributed by atoms with Gasteiger partial charge in [0.15, 0.2) is 5.11 Å². The highest BCUT2D eigenvalue weighted by Gasteiger charge is 2.35. The Morgan fingerprint density at radius 2 is 1.74 bits per heavy atom. The molecule has 1 unspecified atom stereocenters. The number of rotatable bonds is 5. The van der Waals surface area contributed by atoms with Gasteiger partial charge in [-0.3, -0.25) is 4.90 Å². The molecule has 0 saturated heterocycles. The van der Waals surface area contributed by atoms with Crippen molar-refractivity contribution in [3.05, 3.63) is 102 Å². The lowest BCUT2D eigenvalue weighted by atomic mass is 9.94. The van der Waals surface area contributed by atoms with Crippen molar-refractivity contribution in [3.63, 3.8) is 0 Å². The Morgan fingerprint density at radius 1 is 1.00 bits per heavy atom. The fourth-order valence-corrected chi connectivity index (χ4v) is 4.45. The Kier molecular flexibility index (Phi) is 6.00. The minimum Gasteiger partial charge on any atom is -0.497 e. The van der Waals surface area contributed by atoms with Crippen LogP contribution in [-0.2, 0) is 0 Å². The number of benzene rings is 3. The fraction of sp³-hybridized carbons (Fsp3) is 0.115. The van der Waals surface area contributed by atoms with Gasteiger partial charge in [0.1, 0.15) is 17.4 Å². The minimum atomic E-state index is -0.555. The van der Waals surface area contributed by atoms with Crippen molar-refractivity contribution in [2.24, 2.45) is 0 Å². The molecule has 1 aliphatic heterocycles. The molecule has 0 radical (unpaired) electrons. The molecule has 1 N–H and O–H groups in total. The molecule has 6 nitrogen and oxygen atoms in total. The summed E-state index contributed by atoms with van der Waals surface area (Å²) in [4.78, 5) is 6.38. The van der Waals surface area contributed by atoms with E-state index in [1.807, 2.05) is 36.1 Å². The first-order chi connectivity index (χ1) is 16.9. The summed E-state index contributed by atoms with van der Waals surface area (Å²) in [6.45, 7) is 1.88. The predicted molar refractivity (Wildman–Crippen MR) is 133 cm³/mol. The molecule has 0 fully saturated rings. The van der Waals surface area contributed by atoms with Gasteiger partial charge < -0.3 is 14.6 Å². The van der Waals surface area contributed by atoms with Crippen LogP contribution in [0.4, 0.5) is 14.5 Å². The summed E-state index contributed by atoms with van der Waals surface area (Å²) in [7, 11) is 1.59. The summed E-state index contributed by atoms with van der Waals surface area (Å²) in [6, 6.07) is 19.1. The third-order valence-corrected chi connectivity index (χ3v) is 6.02. The second-order valence-electron chi connectivity index (χ2n) is 7.91. The summed E-state index contributed by atoms with van der Waals surface area (Å²) < 4.78 is 38.9. The first-order valence-electron chi connectivity index (χ1n) is 10.8. The van der Waals surface area contributed by atoms with Gasteiger partial charge in [0.2, 0.25) is 5.82 Å². The Bertz CT molecular complexity index is 1450. The summed E-state index contributed by atoms with van der Waals surface area (Å²) in [5.41, 5.74) is 3.20. The van der Waals surface area contributed by atoms with Crippen LogP contribution in [0, 0.1) is 11.6 Å². The third kappa shape index (κ3) is 4.38. The zero-order valence-corrected chi connectivity index (χ0v) is 19.6. The highest BCUT2D eigenvalue weighted by atomic mass is 32.1. The van der Waals surface area contributed by atoms with Crippen molar-refractivity contribution in [3.8, 4) is 17.1 Å². The van der Waals surface area contributed by atoms with Gasteiger partial charge >= 0.3 is 0 Å². The van der Waals surface area contributed by atoms with Gasteiger partial charge in [-0.1, -0.05) is 35.5 Å². The molecule has 35 heavy (non-hydrogen) atoms. The van der Waals surface area contributed by atoms with Gasteiger partial charge in [-0.05, 0) is 61.1 Å². The molecule has 0 saturated carbocycles. The van der Waals surface area contributed by atoms with E-state index < -0.39 is 11.9 Å². The van der Waals surface area contributed by atoms with E-state index in [2.05, 4.69) is 15.5 Å². The molecule has 4 aromatic rings. The van der Waals surface area contributed by atoms with Crippen molar-refractivity contribution in [2.45, 2.75) is 13.0 Å². The quantitative estimate of drug-likeness (QED) is 0.350. The van der Waals surface area contributed by atoms with E-state index >= 15 is 0 Å². The number of hydrogen-bond donors (Lipinski definition) is 1. The molecule has 0 bridgehead atoms. The van der Waals surface area contributed by atoms with Gasteiger partial charge in [-0.2, -0.15) is 4.98 Å². The third-order valence-electron chi connectivity index (χ3n) is 5.72. The van der Waals surface area contributed by atoms with Crippen molar-refractivity contribution >= 4 is 28.6 Å². The zero-order chi connectivity index (χ0) is 24.5. The van der Waals surface area contributed by atoms with Crippen molar-refractivity contribution in [1.29, 1.82) is 0 Å². The van der Waals surface area contributed by atoms with Crippen molar-refractivity contribution < 1.29 is 18.0 Å². The predicted octanol–water partition coefficient (Wildman–Crippen LogP) is 5.89. The van der Waals surface area contributed by atoms with Gasteiger partial charge in [-0.15, -0.1) is 0 Å². The van der Waals surface area contributed by atoms with Crippen LogP contribution >= 0.6 is 12.2 Å². The largest absolute Gasteiger partial charge is 0.497 e. The number of methoxy groups -OCH3 is 1. The number of anilines is 1. The van der Waals surface area contributed by atoms with Gasteiger partial charge in [0, 0.05) is 17.3 Å². The molecule has 1 atom stereocenters. The molecule has 5 rings (SSSR count). The number of halogens is 2. The lowest BCUT2D eigenvalue weighted by Crippen LogP contribution is -2.46. The van der Waals surface area contributed by atoms with E-state index in [9.17, 15) is 8.78 Å². The van der Waals surface area contributed by atoms with E-state index in [0.717, 1.165) is 5.69 Å². The molecule has 9 heteroatoms. The molecule has 0 spiro atoms. The van der Waals surface area contributed by atoms with Crippen molar-refractivity contribution in [2.75, 3.05) is 12.0 Å². The molecular weight excluding hydrogens is 470 g/mol. The number of nitrogens with zero attached hydrogens (tertiary/aromatic N) is 3. The van der Waals surface area contributed by atoms with Crippen LogP contribution < -0.4 is 15.0 Å². The molecule has 0 aliphatic carbocycles. The van der Waals surface area contributed by atoms with Gasteiger partial charge in [-0.25, -0.2) is 8.78 Å². The lowest BCUT2D eigenvalue weighted by Gasteiger charge is -2.37. The molecule has 3 aromatic carbocycles. The van der Waals surface area contributed by atoms with Gasteiger partial charge in [0.25, 0.3) is 5.89 Å². The van der Waals surface area contributed by atoms with E-state index in [0.29, 0.717) is 33.3 Å². The Hall–Kier alpha value is -4.11. The SMILES string of the molecule is COc1cccc(N2C(=S)NC(c3cccc(F)c3)C(c3nc(-c4cccc(F)c4)no3)=C2C)c1. The number of ether oxygens (including phenoxy) is 1. The standard InChI is InChI=1S/C26H20F2N4O2S/c1-15-22(25-30-24(31-34-25)17-7-4-9-19(28)13-17)23(16-6-3-8-18(27)12-16)29-26(35)32(15)20-10-5-11-21(14-20)33-2/h3-14,23H,1-2H3,(H,29,35). The molecule has 1 aromatic heterocycles. The Balaban J connectivity index is 1.67. The highest BCUT2D eigenvalue weighted by molar-refractivity contribution is 7.80. The monoisotopic (exact) mass is 490 g/mol. The van der Waals surface area contributed by atoms with E-state index in [1.165, 1.54) is 24.3 Å². The molecule has 2 heterocycles. The molecular formula is C26H20F2N4O2S. The first kappa shape index (κ1) is 22.7. The highest BCUT2D eigenvalue weighted by Crippen LogP contribution is 2.39. The smallest absolute Gasteiger partial charge is 0.258 e. The Labute approximate surface area is 205 Å². The summed E-state index contributed by atoms with van der Waals surface area (Å²) in [6.07, 6.45) is 0. The van der Waals surface area contributed by atoms with Crippen LogP contribution in [0.25, 0.3) is 17.0 Å². The molecule has 176 valence electrons. The van der Waals surface area contributed by atoms with Crippen LogP contribution in [-0.4, -0.2) is 22.4 Å². The van der Waals surface area contributed by atoms with Crippen molar-refractivity contribution in [1.82, 2.24) is 15.5 Å². The van der Waals surface area contributed by atoms with E-state index in [1.54, 1.807) is 31.4 Å². The van der Waals surface area contributed by atoms with Gasteiger partial charge in [0.05, 0.1) is 24.4 Å². The number of hydrogen-bond acceptors (Lipinski definition) is 5. The second kappa shape index (κ2) is 9.27. The molecule has 1 aliphatic rings. The number of aromatic nitrogens is 2. The Morgan fingerprint density at radius 3 is 2.49 bits per heavy atom. The minimum absolute atomic E-state index is 0.207. The summed E-state index contributed by atoms with van der Waals surface area (Å²) in [5, 5.41) is 7.77. The average molecular weight is 491 g/mol. The van der Waals surface area contributed by atoms with E-state index in [4.69, 9.17) is 21.5 Å². The summed E-state index contributed by atoms with van der Waals surface area (Å²) >= 11 is 5.71. The number of allylic oxidation sites excluding steroid dienone is 1. The van der Waals surface area contributed by atoms with E-state index in [-0.39, 0.29) is 17.5 Å². The van der Waals surface area contributed by atoms with Crippen LogP contribution in [0.3, 0.4) is 0 Å². The maximum atomic E-state index is 14.1. The average Bonchev–Trinajstić information content (AvgIpc) is 3.34. The first-order valence-corrected chi connectivity index (χ1v) is 11.2. The second-order valence-corrected chi connectivity index (χ2v) is 8.29. The maximum absolute atomic E-state index is 14.1. The molecule has 0 amide bonds. The lowest BCUT2D eigenvalue weighted by molar-refractivity contribution is 0.404. The van der Waals surface area contributed by atoms with Crippen LogP contribution in [0.15, 0.2) is 83.0 Å².